The smallest absolute Gasteiger partial charge is 0.240 e. The molecule has 1 fully saturated rings. The summed E-state index contributed by atoms with van der Waals surface area (Å²) in [4.78, 5) is 6.50. The Hall–Kier alpha value is -0.940. The van der Waals surface area contributed by atoms with Crippen LogP contribution in [0.4, 0.5) is 0 Å². The number of aryl methyl sites for hydroxylation is 1. The lowest BCUT2D eigenvalue weighted by Gasteiger charge is -2.10. The molecule has 0 spiro atoms. The Morgan fingerprint density at radius 1 is 1.64 bits per heavy atom. The molecule has 1 aliphatic rings. The zero-order valence-corrected chi connectivity index (χ0v) is 8.44. The van der Waals surface area contributed by atoms with Gasteiger partial charge >= 0.3 is 0 Å². The molecule has 1 aromatic heterocycles. The van der Waals surface area contributed by atoms with Crippen molar-refractivity contribution in [2.45, 2.75) is 32.4 Å². The minimum atomic E-state index is 0.309. The Morgan fingerprint density at radius 3 is 3.07 bits per heavy atom. The summed E-state index contributed by atoms with van der Waals surface area (Å²) in [6, 6.07) is 0.309. The van der Waals surface area contributed by atoms with Crippen molar-refractivity contribution in [2.75, 3.05) is 13.1 Å². The van der Waals surface area contributed by atoms with E-state index in [1.165, 1.54) is 0 Å². The molecule has 1 aliphatic heterocycles. The number of nitrogens with zero attached hydrogens (tertiary/aromatic N) is 3. The Balaban J connectivity index is 1.90. The van der Waals surface area contributed by atoms with E-state index in [0.717, 1.165) is 38.3 Å². The SMILES string of the molecule is CCc1noc(CN2CC[C@@H](N)C2)n1. The second-order valence-electron chi connectivity index (χ2n) is 3.74. The van der Waals surface area contributed by atoms with E-state index in [9.17, 15) is 0 Å². The van der Waals surface area contributed by atoms with E-state index >= 15 is 0 Å². The van der Waals surface area contributed by atoms with Crippen molar-refractivity contribution in [2.24, 2.45) is 5.73 Å². The first-order valence-electron chi connectivity index (χ1n) is 5.07. The van der Waals surface area contributed by atoms with E-state index in [0.29, 0.717) is 11.9 Å². The van der Waals surface area contributed by atoms with Crippen LogP contribution in [-0.2, 0) is 13.0 Å². The molecule has 14 heavy (non-hydrogen) atoms. The largest absolute Gasteiger partial charge is 0.338 e. The lowest BCUT2D eigenvalue weighted by atomic mass is 10.3. The van der Waals surface area contributed by atoms with Crippen LogP contribution in [-0.4, -0.2) is 34.2 Å². The van der Waals surface area contributed by atoms with Gasteiger partial charge in [0.2, 0.25) is 5.89 Å². The summed E-state index contributed by atoms with van der Waals surface area (Å²) < 4.78 is 5.11. The number of hydrogen-bond acceptors (Lipinski definition) is 5. The fraction of sp³-hybridized carbons (Fsp3) is 0.778. The average Bonchev–Trinajstić information content (AvgIpc) is 2.76. The van der Waals surface area contributed by atoms with E-state index < -0.39 is 0 Å². The van der Waals surface area contributed by atoms with Gasteiger partial charge in [-0.15, -0.1) is 0 Å². The van der Waals surface area contributed by atoms with Crippen LogP contribution in [0.1, 0.15) is 25.1 Å². The summed E-state index contributed by atoms with van der Waals surface area (Å²) in [6.45, 7) is 4.72. The highest BCUT2D eigenvalue weighted by Gasteiger charge is 2.20. The quantitative estimate of drug-likeness (QED) is 0.746. The lowest BCUT2D eigenvalue weighted by molar-refractivity contribution is 0.265. The maximum Gasteiger partial charge on any atom is 0.240 e. The molecule has 0 unspecified atom stereocenters. The predicted octanol–water partition coefficient (Wildman–Crippen LogP) is 0.165. The average molecular weight is 196 g/mol. The highest BCUT2D eigenvalue weighted by Crippen LogP contribution is 2.10. The van der Waals surface area contributed by atoms with Crippen molar-refractivity contribution >= 4 is 0 Å². The van der Waals surface area contributed by atoms with Gasteiger partial charge in [0, 0.05) is 25.6 Å². The Morgan fingerprint density at radius 2 is 2.50 bits per heavy atom. The number of hydrogen-bond donors (Lipinski definition) is 1. The van der Waals surface area contributed by atoms with Crippen molar-refractivity contribution in [3.8, 4) is 0 Å². The predicted molar refractivity (Wildman–Crippen MR) is 51.5 cm³/mol. The summed E-state index contributed by atoms with van der Waals surface area (Å²) >= 11 is 0. The van der Waals surface area contributed by atoms with Crippen LogP contribution in [0.25, 0.3) is 0 Å². The summed E-state index contributed by atoms with van der Waals surface area (Å²) in [5.41, 5.74) is 5.80. The molecule has 1 saturated heterocycles. The standard InChI is InChI=1S/C9H16N4O/c1-2-8-11-9(14-12-8)6-13-4-3-7(10)5-13/h7H,2-6,10H2,1H3/t7-/m1/s1. The molecule has 5 heteroatoms. The van der Waals surface area contributed by atoms with Crippen LogP contribution in [0, 0.1) is 0 Å². The molecule has 0 bridgehead atoms. The molecule has 1 aromatic rings. The van der Waals surface area contributed by atoms with Gasteiger partial charge in [-0.3, -0.25) is 4.90 Å². The Bertz CT molecular complexity index is 299. The molecular weight excluding hydrogens is 180 g/mol. The van der Waals surface area contributed by atoms with E-state index in [2.05, 4.69) is 15.0 Å². The topological polar surface area (TPSA) is 68.2 Å². The molecular formula is C9H16N4O. The summed E-state index contributed by atoms with van der Waals surface area (Å²) in [6.07, 6.45) is 1.89. The van der Waals surface area contributed by atoms with E-state index in [4.69, 9.17) is 10.3 Å². The lowest BCUT2D eigenvalue weighted by Crippen LogP contribution is -2.26. The summed E-state index contributed by atoms with van der Waals surface area (Å²) in [7, 11) is 0. The molecule has 78 valence electrons. The molecule has 5 nitrogen and oxygen atoms in total. The van der Waals surface area contributed by atoms with Gasteiger partial charge in [-0.1, -0.05) is 12.1 Å². The van der Waals surface area contributed by atoms with Gasteiger partial charge in [0.05, 0.1) is 6.54 Å². The van der Waals surface area contributed by atoms with Gasteiger partial charge in [0.15, 0.2) is 5.82 Å². The molecule has 0 aromatic carbocycles. The molecule has 0 saturated carbocycles. The van der Waals surface area contributed by atoms with E-state index in [1.807, 2.05) is 6.92 Å². The number of likely N-dealkylation sites (tertiary alicyclic amines) is 1. The minimum absolute atomic E-state index is 0.309. The van der Waals surface area contributed by atoms with Crippen LogP contribution >= 0.6 is 0 Å². The van der Waals surface area contributed by atoms with Crippen molar-refractivity contribution in [3.05, 3.63) is 11.7 Å². The number of aromatic nitrogens is 2. The zero-order chi connectivity index (χ0) is 9.97. The maximum absolute atomic E-state index is 5.80. The van der Waals surface area contributed by atoms with E-state index in [1.54, 1.807) is 0 Å². The van der Waals surface area contributed by atoms with Crippen molar-refractivity contribution in [3.63, 3.8) is 0 Å². The van der Waals surface area contributed by atoms with Gasteiger partial charge in [-0.25, -0.2) is 0 Å². The molecule has 2 rings (SSSR count). The Labute approximate surface area is 83.3 Å². The summed E-state index contributed by atoms with van der Waals surface area (Å²) in [5, 5.41) is 3.85. The molecule has 0 aliphatic carbocycles. The first-order valence-corrected chi connectivity index (χ1v) is 5.07. The highest BCUT2D eigenvalue weighted by atomic mass is 16.5. The summed E-state index contributed by atoms with van der Waals surface area (Å²) in [5.74, 6) is 1.49. The first-order chi connectivity index (χ1) is 6.78. The second kappa shape index (κ2) is 4.06. The third-order valence-corrected chi connectivity index (χ3v) is 2.49. The van der Waals surface area contributed by atoms with Crippen LogP contribution in [0.2, 0.25) is 0 Å². The third kappa shape index (κ3) is 2.10. The van der Waals surface area contributed by atoms with Crippen LogP contribution < -0.4 is 5.73 Å². The van der Waals surface area contributed by atoms with Crippen molar-refractivity contribution in [1.29, 1.82) is 0 Å². The molecule has 1 atom stereocenters. The van der Waals surface area contributed by atoms with Gasteiger partial charge in [-0.05, 0) is 6.42 Å². The van der Waals surface area contributed by atoms with Gasteiger partial charge in [0.25, 0.3) is 0 Å². The van der Waals surface area contributed by atoms with Gasteiger partial charge in [0.1, 0.15) is 0 Å². The van der Waals surface area contributed by atoms with Gasteiger partial charge in [-0.2, -0.15) is 4.98 Å². The van der Waals surface area contributed by atoms with E-state index in [-0.39, 0.29) is 0 Å². The minimum Gasteiger partial charge on any atom is -0.338 e. The molecule has 0 amide bonds. The highest BCUT2D eigenvalue weighted by molar-refractivity contribution is 4.87. The van der Waals surface area contributed by atoms with Crippen LogP contribution in [0.5, 0.6) is 0 Å². The Kier molecular flexibility index (Phi) is 2.79. The van der Waals surface area contributed by atoms with Crippen molar-refractivity contribution in [1.82, 2.24) is 15.0 Å². The monoisotopic (exact) mass is 196 g/mol. The van der Waals surface area contributed by atoms with Crippen LogP contribution in [0.15, 0.2) is 4.52 Å². The number of rotatable bonds is 3. The number of nitrogens with two attached hydrogens (primary N) is 1. The van der Waals surface area contributed by atoms with Gasteiger partial charge < -0.3 is 10.3 Å². The molecule has 0 radical (unpaired) electrons. The normalized spacial score (nSPS) is 23.1. The fourth-order valence-corrected chi connectivity index (χ4v) is 1.70. The fourth-order valence-electron chi connectivity index (χ4n) is 1.70. The van der Waals surface area contributed by atoms with Crippen molar-refractivity contribution < 1.29 is 4.52 Å². The third-order valence-electron chi connectivity index (χ3n) is 2.49. The zero-order valence-electron chi connectivity index (χ0n) is 8.44. The first kappa shape index (κ1) is 9.61. The van der Waals surface area contributed by atoms with Crippen LogP contribution in [0.3, 0.4) is 0 Å². The molecule has 2 heterocycles. The second-order valence-corrected chi connectivity index (χ2v) is 3.74. The molecule has 2 N–H and O–H groups in total. The maximum atomic E-state index is 5.80.